The number of ketones is 1. The van der Waals surface area contributed by atoms with Crippen molar-refractivity contribution in [2.24, 2.45) is 0 Å². The van der Waals surface area contributed by atoms with Gasteiger partial charge in [-0.05, 0) is 17.7 Å². The molecule has 2 rings (SSSR count). The van der Waals surface area contributed by atoms with E-state index in [0.717, 1.165) is 0 Å². The number of hydrogen-bond donors (Lipinski definition) is 0. The molecule has 0 spiro atoms. The summed E-state index contributed by atoms with van der Waals surface area (Å²) in [5, 5.41) is 0. The van der Waals surface area contributed by atoms with E-state index in [4.69, 9.17) is 9.47 Å². The van der Waals surface area contributed by atoms with E-state index in [0.29, 0.717) is 18.5 Å². The molecular formula is C13H14FNO4. The van der Waals surface area contributed by atoms with E-state index in [9.17, 15) is 14.0 Å². The Morgan fingerprint density at radius 2 is 2.26 bits per heavy atom. The number of hydrogen-bond acceptors (Lipinski definition) is 4. The quantitative estimate of drug-likeness (QED) is 0.837. The molecule has 102 valence electrons. The summed E-state index contributed by atoms with van der Waals surface area (Å²) in [6, 6.07) is 4.34. The molecule has 6 heteroatoms. The number of halogens is 1. The van der Waals surface area contributed by atoms with Crippen molar-refractivity contribution in [3.63, 3.8) is 0 Å². The van der Waals surface area contributed by atoms with Crippen LogP contribution in [0, 0.1) is 5.82 Å². The molecule has 0 aliphatic carbocycles. The Morgan fingerprint density at radius 1 is 1.47 bits per heavy atom. The first kappa shape index (κ1) is 13.3. The smallest absolute Gasteiger partial charge is 0.410 e. The maximum atomic E-state index is 13.4. The zero-order chi connectivity index (χ0) is 13.8. The third-order valence-corrected chi connectivity index (χ3v) is 2.86. The van der Waals surface area contributed by atoms with Gasteiger partial charge in [0.1, 0.15) is 6.61 Å². The van der Waals surface area contributed by atoms with Gasteiger partial charge in [0.2, 0.25) is 0 Å². The van der Waals surface area contributed by atoms with E-state index in [1.165, 1.54) is 24.1 Å². The highest BCUT2D eigenvalue weighted by molar-refractivity contribution is 5.87. The number of methoxy groups -OCH3 is 1. The Kier molecular flexibility index (Phi) is 3.99. The largest absolute Gasteiger partial charge is 0.494 e. The van der Waals surface area contributed by atoms with Crippen molar-refractivity contribution in [2.75, 3.05) is 20.2 Å². The fourth-order valence-corrected chi connectivity index (χ4v) is 1.82. The lowest BCUT2D eigenvalue weighted by atomic mass is 10.2. The normalized spacial score (nSPS) is 14.6. The fourth-order valence-electron chi connectivity index (χ4n) is 1.82. The summed E-state index contributed by atoms with van der Waals surface area (Å²) in [5.41, 5.74) is 0.525. The second kappa shape index (κ2) is 5.69. The maximum Gasteiger partial charge on any atom is 0.410 e. The molecule has 1 heterocycles. The Bertz CT molecular complexity index is 503. The molecule has 1 saturated heterocycles. The molecule has 0 unspecified atom stereocenters. The average Bonchev–Trinajstić information content (AvgIpc) is 2.83. The summed E-state index contributed by atoms with van der Waals surface area (Å²) in [6.07, 6.45) is -0.186. The van der Waals surface area contributed by atoms with Gasteiger partial charge < -0.3 is 14.4 Å². The first-order valence-electron chi connectivity index (χ1n) is 5.86. The minimum Gasteiger partial charge on any atom is -0.494 e. The Balaban J connectivity index is 1.90. The van der Waals surface area contributed by atoms with E-state index < -0.39 is 11.9 Å². The third-order valence-electron chi connectivity index (χ3n) is 2.86. The van der Waals surface area contributed by atoms with Gasteiger partial charge in [0.15, 0.2) is 17.3 Å². The molecule has 1 amide bonds. The lowest BCUT2D eigenvalue weighted by molar-refractivity contribution is -0.116. The molecule has 1 aromatic rings. The van der Waals surface area contributed by atoms with Crippen LogP contribution in [0.5, 0.6) is 5.75 Å². The summed E-state index contributed by atoms with van der Waals surface area (Å²) in [7, 11) is 1.38. The molecule has 0 aromatic heterocycles. The number of carbonyl (C=O) groups is 2. The number of likely N-dealkylation sites (tertiary alicyclic amines) is 1. The molecule has 0 saturated carbocycles. The van der Waals surface area contributed by atoms with Crippen LogP contribution in [0.2, 0.25) is 0 Å². The number of amides is 1. The highest BCUT2D eigenvalue weighted by atomic mass is 19.1. The predicted molar refractivity (Wildman–Crippen MR) is 64.3 cm³/mol. The van der Waals surface area contributed by atoms with Crippen LogP contribution in [0.25, 0.3) is 0 Å². The van der Waals surface area contributed by atoms with Crippen LogP contribution in [-0.4, -0.2) is 37.0 Å². The molecule has 1 aromatic carbocycles. The Hall–Kier alpha value is -2.11. The molecule has 0 atom stereocenters. The van der Waals surface area contributed by atoms with Crippen LogP contribution in [0.1, 0.15) is 12.0 Å². The van der Waals surface area contributed by atoms with E-state index in [2.05, 4.69) is 0 Å². The van der Waals surface area contributed by atoms with Crippen molar-refractivity contribution < 1.29 is 23.5 Å². The van der Waals surface area contributed by atoms with Crippen molar-refractivity contribution in [3.05, 3.63) is 29.6 Å². The van der Waals surface area contributed by atoms with Gasteiger partial charge in [0.25, 0.3) is 0 Å². The summed E-state index contributed by atoms with van der Waals surface area (Å²) in [4.78, 5) is 24.0. The lowest BCUT2D eigenvalue weighted by Gasteiger charge is -2.14. The second-order valence-corrected chi connectivity index (χ2v) is 4.23. The standard InChI is InChI=1S/C13H14FNO4/c1-18-12-3-2-9(6-11(12)14)8-19-13(17)15-5-4-10(16)7-15/h2-3,6H,4-5,7-8H2,1H3. The van der Waals surface area contributed by atoms with Gasteiger partial charge >= 0.3 is 6.09 Å². The highest BCUT2D eigenvalue weighted by Gasteiger charge is 2.24. The average molecular weight is 267 g/mol. The number of benzene rings is 1. The minimum atomic E-state index is -0.554. The Morgan fingerprint density at radius 3 is 2.84 bits per heavy atom. The number of nitrogens with zero attached hydrogens (tertiary/aromatic N) is 1. The monoisotopic (exact) mass is 267 g/mol. The number of ether oxygens (including phenoxy) is 2. The van der Waals surface area contributed by atoms with Gasteiger partial charge in [-0.2, -0.15) is 0 Å². The van der Waals surface area contributed by atoms with Gasteiger partial charge in [-0.1, -0.05) is 6.07 Å². The Labute approximate surface area is 109 Å². The van der Waals surface area contributed by atoms with Crippen LogP contribution in [0.4, 0.5) is 9.18 Å². The van der Waals surface area contributed by atoms with Gasteiger partial charge in [0, 0.05) is 13.0 Å². The van der Waals surface area contributed by atoms with Crippen LogP contribution >= 0.6 is 0 Å². The van der Waals surface area contributed by atoms with Crippen molar-refractivity contribution in [1.82, 2.24) is 4.90 Å². The predicted octanol–water partition coefficient (Wildman–Crippen LogP) is 1.75. The van der Waals surface area contributed by atoms with Crippen molar-refractivity contribution in [1.29, 1.82) is 0 Å². The minimum absolute atomic E-state index is 0.0208. The lowest BCUT2D eigenvalue weighted by Crippen LogP contribution is -2.29. The van der Waals surface area contributed by atoms with E-state index >= 15 is 0 Å². The van der Waals surface area contributed by atoms with E-state index in [1.807, 2.05) is 0 Å². The summed E-state index contributed by atoms with van der Waals surface area (Å²) < 4.78 is 23.2. The second-order valence-electron chi connectivity index (χ2n) is 4.23. The molecular weight excluding hydrogens is 253 g/mol. The van der Waals surface area contributed by atoms with Crippen molar-refractivity contribution >= 4 is 11.9 Å². The number of carbonyl (C=O) groups excluding carboxylic acids is 2. The molecule has 5 nitrogen and oxygen atoms in total. The zero-order valence-corrected chi connectivity index (χ0v) is 10.5. The fraction of sp³-hybridized carbons (Fsp3) is 0.385. The summed E-state index contributed by atoms with van der Waals surface area (Å²) in [6.45, 7) is 0.439. The zero-order valence-electron chi connectivity index (χ0n) is 10.5. The topological polar surface area (TPSA) is 55.8 Å². The molecule has 19 heavy (non-hydrogen) atoms. The van der Waals surface area contributed by atoms with Crippen molar-refractivity contribution in [2.45, 2.75) is 13.0 Å². The molecule has 0 radical (unpaired) electrons. The number of rotatable bonds is 3. The van der Waals surface area contributed by atoms with Gasteiger partial charge in [-0.25, -0.2) is 9.18 Å². The van der Waals surface area contributed by atoms with Crippen LogP contribution in [0.15, 0.2) is 18.2 Å². The first-order valence-corrected chi connectivity index (χ1v) is 5.86. The molecule has 0 bridgehead atoms. The maximum absolute atomic E-state index is 13.4. The van der Waals surface area contributed by atoms with E-state index in [1.54, 1.807) is 6.07 Å². The van der Waals surface area contributed by atoms with Crippen LogP contribution in [0.3, 0.4) is 0 Å². The molecule has 1 fully saturated rings. The van der Waals surface area contributed by atoms with Crippen LogP contribution < -0.4 is 4.74 Å². The molecule has 1 aliphatic heterocycles. The summed E-state index contributed by atoms with van der Waals surface area (Å²) in [5.74, 6) is -0.347. The first-order chi connectivity index (χ1) is 9.10. The van der Waals surface area contributed by atoms with Gasteiger partial charge in [-0.3, -0.25) is 4.79 Å². The highest BCUT2D eigenvalue weighted by Crippen LogP contribution is 2.18. The van der Waals surface area contributed by atoms with Crippen LogP contribution in [-0.2, 0) is 16.1 Å². The SMILES string of the molecule is COc1ccc(COC(=O)N2CCC(=O)C2)cc1F. The van der Waals surface area contributed by atoms with Crippen molar-refractivity contribution in [3.8, 4) is 5.75 Å². The summed E-state index contributed by atoms with van der Waals surface area (Å²) >= 11 is 0. The van der Waals surface area contributed by atoms with E-state index in [-0.39, 0.29) is 24.7 Å². The number of Topliss-reactive ketones (excluding diaryl/α,β-unsaturated/α-hetero) is 1. The molecule has 0 N–H and O–H groups in total. The van der Waals surface area contributed by atoms with Gasteiger partial charge in [-0.15, -0.1) is 0 Å². The van der Waals surface area contributed by atoms with Gasteiger partial charge in [0.05, 0.1) is 13.7 Å². The molecule has 1 aliphatic rings. The third kappa shape index (κ3) is 3.21.